The number of aryl methyl sites for hydroxylation is 2. The number of allylic oxidation sites excluding steroid dienone is 2. The molecule has 2 aliphatic carbocycles. The maximum atomic E-state index is 12.7. The molecule has 0 spiro atoms. The fourth-order valence-corrected chi connectivity index (χ4v) is 9.33. The molecule has 12 heteroatoms. The van der Waals surface area contributed by atoms with Crippen molar-refractivity contribution in [3.05, 3.63) is 227 Å². The number of benzene rings is 6. The molecule has 0 amide bonds. The van der Waals surface area contributed by atoms with Crippen molar-refractivity contribution in [2.75, 3.05) is 14.2 Å². The fraction of sp³-hybridized carbons (Fsp3) is 0.262. The minimum Gasteiger partial charge on any atom is -0.512 e. The summed E-state index contributed by atoms with van der Waals surface area (Å²) in [5, 5.41) is 42.1. The van der Waals surface area contributed by atoms with Gasteiger partial charge >= 0.3 is 11.9 Å². The highest BCUT2D eigenvalue weighted by molar-refractivity contribution is 5.79. The van der Waals surface area contributed by atoms with Gasteiger partial charge in [-0.15, -0.1) is 0 Å². The first-order chi connectivity index (χ1) is 36.7. The topological polar surface area (TPSA) is 186 Å². The van der Waals surface area contributed by atoms with E-state index in [1.165, 1.54) is 0 Å². The molecule has 4 N–H and O–H groups in total. The highest BCUT2D eigenvalue weighted by atomic mass is 16.5. The van der Waals surface area contributed by atoms with Crippen molar-refractivity contribution in [2.24, 2.45) is 0 Å². The quantitative estimate of drug-likeness (QED) is 0.0531. The minimum atomic E-state index is -0.335. The number of hydrogen-bond acceptors (Lipinski definition) is 12. The summed E-state index contributed by atoms with van der Waals surface area (Å²) < 4.78 is 22.5. The first-order valence-electron chi connectivity index (χ1n) is 25.2. The Morgan fingerprint density at radius 2 is 0.766 bits per heavy atom. The Labute approximate surface area is 452 Å². The summed E-state index contributed by atoms with van der Waals surface area (Å²) >= 11 is 0. The lowest BCUT2D eigenvalue weighted by atomic mass is 9.92. The zero-order chi connectivity index (χ0) is 54.6. The second-order valence-electron chi connectivity index (χ2n) is 19.0. The standard InChI is InChI=1S/2C31H29NO4.2CH4O.CH4/c2*1-20-28(19-29(34)35-21(2)23-7-5-4-6-8-23)30(36-32-20)26-11-9-24(10-12-26)25-13-15-27(16-14-25)31(17-18-31)22(3)33;2*1-2;/h2*4-16,21,33H,3,17-19H2,1-2H3;2*2H,1H3;1H4/t2*21-;;;/m11.../s1. The summed E-state index contributed by atoms with van der Waals surface area (Å²) in [5.41, 5.74) is 12.4. The second-order valence-corrected chi connectivity index (χ2v) is 19.0. The van der Waals surface area contributed by atoms with E-state index in [2.05, 4.69) is 72.0 Å². The minimum absolute atomic E-state index is 0. The van der Waals surface area contributed by atoms with Gasteiger partial charge in [-0.3, -0.25) is 9.59 Å². The van der Waals surface area contributed by atoms with E-state index in [1.54, 1.807) is 0 Å². The molecule has 2 saturated carbocycles. The number of aromatic nitrogens is 2. The van der Waals surface area contributed by atoms with Gasteiger partial charge in [0.15, 0.2) is 11.5 Å². The van der Waals surface area contributed by atoms with Gasteiger partial charge in [0, 0.05) is 36.5 Å². The van der Waals surface area contributed by atoms with Crippen LogP contribution in [0.5, 0.6) is 0 Å². The van der Waals surface area contributed by atoms with E-state index in [0.717, 1.165) is 107 Å². The number of aliphatic hydroxyl groups excluding tert-OH is 4. The molecular formula is C65H70N2O10. The molecule has 2 atom stereocenters. The third kappa shape index (κ3) is 13.4. The lowest BCUT2D eigenvalue weighted by Crippen LogP contribution is -2.12. The van der Waals surface area contributed by atoms with Crippen LogP contribution in [0.4, 0.5) is 0 Å². The maximum Gasteiger partial charge on any atom is 0.311 e. The normalized spacial score (nSPS) is 13.9. The predicted octanol–water partition coefficient (Wildman–Crippen LogP) is 14.4. The number of carbonyl (C=O) groups is 2. The lowest BCUT2D eigenvalue weighted by molar-refractivity contribution is -0.148. The molecule has 2 heterocycles. The number of aliphatic hydroxyl groups is 4. The largest absolute Gasteiger partial charge is 0.512 e. The summed E-state index contributed by atoms with van der Waals surface area (Å²) in [4.78, 5) is 25.4. The van der Waals surface area contributed by atoms with Gasteiger partial charge in [-0.05, 0) is 97.9 Å². The van der Waals surface area contributed by atoms with Gasteiger partial charge in [0.1, 0.15) is 12.2 Å². The van der Waals surface area contributed by atoms with Crippen LogP contribution in [0.25, 0.3) is 44.9 Å². The van der Waals surface area contributed by atoms with Crippen molar-refractivity contribution >= 4 is 11.9 Å². The van der Waals surface area contributed by atoms with Crippen LogP contribution in [0.2, 0.25) is 0 Å². The van der Waals surface area contributed by atoms with Crippen LogP contribution >= 0.6 is 0 Å². The Balaban J connectivity index is 0.000000232. The molecule has 0 saturated heterocycles. The number of hydrogen-bond donors (Lipinski definition) is 4. The number of nitrogens with zero attached hydrogens (tertiary/aromatic N) is 2. The van der Waals surface area contributed by atoms with Crippen LogP contribution in [0, 0.1) is 13.8 Å². The van der Waals surface area contributed by atoms with Gasteiger partial charge < -0.3 is 38.9 Å². The van der Waals surface area contributed by atoms with Gasteiger partial charge in [-0.2, -0.15) is 0 Å². The molecule has 2 aromatic heterocycles. The van der Waals surface area contributed by atoms with E-state index in [1.807, 2.05) is 137 Å². The average Bonchev–Trinajstić information content (AvgIpc) is 4.42. The highest BCUT2D eigenvalue weighted by Crippen LogP contribution is 2.53. The van der Waals surface area contributed by atoms with Crippen molar-refractivity contribution in [1.29, 1.82) is 0 Å². The molecule has 12 nitrogen and oxygen atoms in total. The molecule has 2 fully saturated rings. The maximum absolute atomic E-state index is 12.7. The molecule has 10 rings (SSSR count). The summed E-state index contributed by atoms with van der Waals surface area (Å²) in [6, 6.07) is 51.9. The van der Waals surface area contributed by atoms with Crippen molar-refractivity contribution in [1.82, 2.24) is 10.3 Å². The molecular weight excluding hydrogens is 969 g/mol. The molecule has 6 aromatic carbocycles. The van der Waals surface area contributed by atoms with E-state index in [-0.39, 0.29) is 66.8 Å². The third-order valence-electron chi connectivity index (χ3n) is 14.2. The molecule has 77 heavy (non-hydrogen) atoms. The van der Waals surface area contributed by atoms with Crippen LogP contribution in [0.3, 0.4) is 0 Å². The molecule has 0 aliphatic heterocycles. The summed E-state index contributed by atoms with van der Waals surface area (Å²) in [6.07, 6.45) is 3.26. The van der Waals surface area contributed by atoms with Gasteiger partial charge in [0.2, 0.25) is 0 Å². The van der Waals surface area contributed by atoms with E-state index in [4.69, 9.17) is 28.7 Å². The monoisotopic (exact) mass is 1040 g/mol. The molecule has 0 bridgehead atoms. The molecule has 8 aromatic rings. The van der Waals surface area contributed by atoms with Crippen LogP contribution in [-0.2, 0) is 42.7 Å². The smallest absolute Gasteiger partial charge is 0.311 e. The first kappa shape index (κ1) is 57.9. The second kappa shape index (κ2) is 26.0. The Morgan fingerprint density at radius 1 is 0.494 bits per heavy atom. The Bertz CT molecular complexity index is 2990. The molecule has 0 radical (unpaired) electrons. The van der Waals surface area contributed by atoms with Crippen LogP contribution < -0.4 is 0 Å². The SMILES string of the molecule is C.C=C(O)C1(c2ccc(-c3ccc(-c4onc(C)c4CC(=O)O[C@H](C)c4ccccc4)cc3)cc2)CC1.C=C(O)C1(c2ccc(-c3ccc(-c4onc(C)c4CC(=O)O[C@H](C)c4ccccc4)cc3)cc2)CC1.CO.CO. The highest BCUT2D eigenvalue weighted by Gasteiger charge is 2.48. The van der Waals surface area contributed by atoms with E-state index in [0.29, 0.717) is 22.9 Å². The lowest BCUT2D eigenvalue weighted by Gasteiger charge is -2.14. The van der Waals surface area contributed by atoms with Gasteiger partial charge in [0.05, 0.1) is 46.6 Å². The number of carbonyl (C=O) groups excluding carboxylic acids is 2. The summed E-state index contributed by atoms with van der Waals surface area (Å²) in [6.45, 7) is 14.9. The van der Waals surface area contributed by atoms with E-state index in [9.17, 15) is 19.8 Å². The van der Waals surface area contributed by atoms with Crippen molar-refractivity contribution in [3.8, 4) is 44.9 Å². The molecule has 2 aliphatic rings. The Morgan fingerprint density at radius 3 is 1.04 bits per heavy atom. The zero-order valence-corrected chi connectivity index (χ0v) is 44.0. The number of ether oxygens (including phenoxy) is 2. The summed E-state index contributed by atoms with van der Waals surface area (Å²) in [5.74, 6) is 1.00. The molecule has 400 valence electrons. The van der Waals surface area contributed by atoms with Crippen molar-refractivity contribution in [2.45, 2.75) is 96.7 Å². The van der Waals surface area contributed by atoms with E-state index < -0.39 is 0 Å². The first-order valence-corrected chi connectivity index (χ1v) is 25.2. The zero-order valence-electron chi connectivity index (χ0n) is 44.0. The summed E-state index contributed by atoms with van der Waals surface area (Å²) in [7, 11) is 2.00. The van der Waals surface area contributed by atoms with Crippen LogP contribution in [0.1, 0.15) is 104 Å². The number of rotatable bonds is 16. The van der Waals surface area contributed by atoms with E-state index >= 15 is 0 Å². The number of esters is 2. The predicted molar refractivity (Wildman–Crippen MR) is 302 cm³/mol. The van der Waals surface area contributed by atoms with Gasteiger partial charge in [0.25, 0.3) is 0 Å². The molecule has 0 unspecified atom stereocenters. The Kier molecular flexibility index (Phi) is 19.5. The van der Waals surface area contributed by atoms with Gasteiger partial charge in [-0.1, -0.05) is 189 Å². The van der Waals surface area contributed by atoms with Gasteiger partial charge in [-0.25, -0.2) is 0 Å². The average molecular weight is 1040 g/mol. The van der Waals surface area contributed by atoms with Crippen molar-refractivity contribution < 1.29 is 48.5 Å². The fourth-order valence-electron chi connectivity index (χ4n) is 9.33. The van der Waals surface area contributed by atoms with Crippen molar-refractivity contribution in [3.63, 3.8) is 0 Å². The van der Waals surface area contributed by atoms with Crippen LogP contribution in [-0.4, -0.2) is 56.9 Å². The Hall–Kier alpha value is -8.32. The third-order valence-corrected chi connectivity index (χ3v) is 14.2. The van der Waals surface area contributed by atoms with Crippen LogP contribution in [0.15, 0.2) is 191 Å².